The molecule has 0 bridgehead atoms. The van der Waals surface area contributed by atoms with E-state index in [0.717, 1.165) is 116 Å². The van der Waals surface area contributed by atoms with Crippen molar-refractivity contribution in [3.8, 4) is 0 Å². The lowest BCUT2D eigenvalue weighted by atomic mass is 10.0. The summed E-state index contributed by atoms with van der Waals surface area (Å²) in [6.07, 6.45) is 89.7. The number of carbonyl (C=O) groups excluding carboxylic acids is 3. The molecule has 446 valence electrons. The number of ether oxygens (including phenoxy) is 3. The number of unbranched alkanes of at least 4 members (excludes halogenated alkanes) is 30. The van der Waals surface area contributed by atoms with Crippen LogP contribution in [0.2, 0.25) is 0 Å². The standard InChI is InChI=1S/C72H122O6/c1-4-7-10-13-16-19-22-24-26-28-29-30-31-32-33-34-35-36-37-38-39-40-41-42-43-45-46-48-50-53-56-59-62-65-71(74)77-68-69(67-76-70(73)64-61-58-55-52-21-18-15-12-9-6-3)78-72(75)66-63-60-57-54-51-49-47-44-27-25-23-20-17-14-11-8-5-2/h7,10,12,15-16,19,24-27,29-30,32-33,35-36,38-39,69H,4-6,8-9,11,13-14,17-18,20-23,28,31,34,37,40-68H2,1-3H3/b10-7-,15-12-,19-16-,26-24-,27-25-,30-29-,33-32-,36-35-,39-38-. The third kappa shape index (κ3) is 62.9. The highest BCUT2D eigenvalue weighted by Crippen LogP contribution is 2.16. The van der Waals surface area contributed by atoms with Crippen molar-refractivity contribution in [3.63, 3.8) is 0 Å². The summed E-state index contributed by atoms with van der Waals surface area (Å²) in [6, 6.07) is 0. The first-order valence-corrected chi connectivity index (χ1v) is 32.9. The molecule has 0 amide bonds. The summed E-state index contributed by atoms with van der Waals surface area (Å²) in [6.45, 7) is 6.47. The van der Waals surface area contributed by atoms with Crippen molar-refractivity contribution >= 4 is 17.9 Å². The number of esters is 3. The van der Waals surface area contributed by atoms with Gasteiger partial charge in [-0.25, -0.2) is 0 Å². The zero-order chi connectivity index (χ0) is 56.4. The minimum Gasteiger partial charge on any atom is -0.462 e. The molecule has 78 heavy (non-hydrogen) atoms. The Balaban J connectivity index is 4.18. The Labute approximate surface area is 482 Å². The number of hydrogen-bond donors (Lipinski definition) is 0. The molecule has 6 nitrogen and oxygen atoms in total. The van der Waals surface area contributed by atoms with Crippen LogP contribution in [0.25, 0.3) is 0 Å². The van der Waals surface area contributed by atoms with E-state index >= 15 is 0 Å². The summed E-state index contributed by atoms with van der Waals surface area (Å²) < 4.78 is 16.9. The van der Waals surface area contributed by atoms with Gasteiger partial charge in [0.25, 0.3) is 0 Å². The molecule has 0 aliphatic carbocycles. The van der Waals surface area contributed by atoms with Gasteiger partial charge in [0.1, 0.15) is 13.2 Å². The van der Waals surface area contributed by atoms with Gasteiger partial charge in [-0.2, -0.15) is 0 Å². The SMILES string of the molecule is CC/C=C\C/C=C\C/C=C\C/C=C\C/C=C\C/C=C\C/C=C\CCCCCCCCCCCCCC(=O)OCC(COC(=O)CCCCCCC/C=C\CCC)OC(=O)CCCCCCCCC/C=C\CCCCCCCC. The van der Waals surface area contributed by atoms with E-state index in [-0.39, 0.29) is 31.1 Å². The molecule has 0 saturated carbocycles. The highest BCUT2D eigenvalue weighted by molar-refractivity contribution is 5.71. The van der Waals surface area contributed by atoms with Crippen LogP contribution < -0.4 is 0 Å². The maximum absolute atomic E-state index is 12.9. The molecule has 0 fully saturated rings. The summed E-state index contributed by atoms with van der Waals surface area (Å²) in [5.74, 6) is -0.893. The van der Waals surface area contributed by atoms with Gasteiger partial charge in [-0.3, -0.25) is 14.4 Å². The Hall–Kier alpha value is -3.93. The molecule has 0 radical (unpaired) electrons. The summed E-state index contributed by atoms with van der Waals surface area (Å²) in [4.78, 5) is 38.2. The Morgan fingerprint density at radius 1 is 0.269 bits per heavy atom. The smallest absolute Gasteiger partial charge is 0.306 e. The summed E-state index contributed by atoms with van der Waals surface area (Å²) in [5.41, 5.74) is 0. The van der Waals surface area contributed by atoms with Crippen LogP contribution in [0.3, 0.4) is 0 Å². The van der Waals surface area contributed by atoms with Crippen LogP contribution in [-0.4, -0.2) is 37.2 Å². The molecule has 0 saturated heterocycles. The summed E-state index contributed by atoms with van der Waals surface area (Å²) in [5, 5.41) is 0. The predicted octanol–water partition coefficient (Wildman–Crippen LogP) is 22.6. The van der Waals surface area contributed by atoms with Crippen LogP contribution in [0.4, 0.5) is 0 Å². The quantitative estimate of drug-likeness (QED) is 0.0261. The van der Waals surface area contributed by atoms with Gasteiger partial charge in [-0.1, -0.05) is 278 Å². The van der Waals surface area contributed by atoms with E-state index in [9.17, 15) is 14.4 Å². The molecule has 6 heteroatoms. The van der Waals surface area contributed by atoms with E-state index in [1.54, 1.807) is 0 Å². The Morgan fingerprint density at radius 2 is 0.526 bits per heavy atom. The number of hydrogen-bond acceptors (Lipinski definition) is 6. The van der Waals surface area contributed by atoms with Crippen molar-refractivity contribution in [2.45, 2.75) is 316 Å². The highest BCUT2D eigenvalue weighted by Gasteiger charge is 2.19. The first-order chi connectivity index (χ1) is 38.5. The molecule has 0 N–H and O–H groups in total. The topological polar surface area (TPSA) is 78.9 Å². The maximum Gasteiger partial charge on any atom is 0.306 e. The lowest BCUT2D eigenvalue weighted by Crippen LogP contribution is -2.30. The van der Waals surface area contributed by atoms with Crippen LogP contribution in [0.1, 0.15) is 310 Å². The van der Waals surface area contributed by atoms with Gasteiger partial charge >= 0.3 is 17.9 Å². The number of rotatable bonds is 59. The molecule has 0 spiro atoms. The van der Waals surface area contributed by atoms with Gasteiger partial charge < -0.3 is 14.2 Å². The third-order valence-electron chi connectivity index (χ3n) is 14.0. The van der Waals surface area contributed by atoms with Crippen LogP contribution in [-0.2, 0) is 28.6 Å². The largest absolute Gasteiger partial charge is 0.462 e. The first-order valence-electron chi connectivity index (χ1n) is 32.9. The van der Waals surface area contributed by atoms with Crippen molar-refractivity contribution in [1.29, 1.82) is 0 Å². The molecule has 1 atom stereocenters. The third-order valence-corrected chi connectivity index (χ3v) is 14.0. The fraction of sp³-hybridized carbons (Fsp3) is 0.708. The second-order valence-corrected chi connectivity index (χ2v) is 21.6. The lowest BCUT2D eigenvalue weighted by Gasteiger charge is -2.18. The van der Waals surface area contributed by atoms with Crippen LogP contribution in [0, 0.1) is 0 Å². The van der Waals surface area contributed by atoms with Crippen molar-refractivity contribution in [3.05, 3.63) is 109 Å². The zero-order valence-electron chi connectivity index (χ0n) is 51.2. The van der Waals surface area contributed by atoms with Gasteiger partial charge in [0.05, 0.1) is 0 Å². The van der Waals surface area contributed by atoms with Crippen LogP contribution >= 0.6 is 0 Å². The molecule has 0 rings (SSSR count). The molecular formula is C72H122O6. The van der Waals surface area contributed by atoms with Gasteiger partial charge in [-0.05, 0) is 122 Å². The normalized spacial score (nSPS) is 12.8. The minimum atomic E-state index is -0.785. The summed E-state index contributed by atoms with van der Waals surface area (Å²) in [7, 11) is 0. The van der Waals surface area contributed by atoms with Crippen LogP contribution in [0.15, 0.2) is 109 Å². The average molecular weight is 1080 g/mol. The Bertz CT molecular complexity index is 1570. The lowest BCUT2D eigenvalue weighted by molar-refractivity contribution is -0.167. The van der Waals surface area contributed by atoms with Crippen LogP contribution in [0.5, 0.6) is 0 Å². The van der Waals surface area contributed by atoms with Gasteiger partial charge in [-0.15, -0.1) is 0 Å². The van der Waals surface area contributed by atoms with E-state index in [1.807, 2.05) is 0 Å². The Kier molecular flexibility index (Phi) is 62.3. The number of carbonyl (C=O) groups is 3. The van der Waals surface area contributed by atoms with Crippen molar-refractivity contribution in [1.82, 2.24) is 0 Å². The molecule has 0 aliphatic heterocycles. The highest BCUT2D eigenvalue weighted by atomic mass is 16.6. The molecular weight excluding hydrogens is 961 g/mol. The van der Waals surface area contributed by atoms with E-state index < -0.39 is 6.10 Å². The molecule has 0 aliphatic rings. The molecule has 1 unspecified atom stereocenters. The summed E-state index contributed by atoms with van der Waals surface area (Å²) >= 11 is 0. The molecule has 0 aromatic carbocycles. The van der Waals surface area contributed by atoms with E-state index in [1.165, 1.54) is 154 Å². The van der Waals surface area contributed by atoms with Crippen molar-refractivity contribution < 1.29 is 28.6 Å². The Morgan fingerprint density at radius 3 is 0.846 bits per heavy atom. The fourth-order valence-corrected chi connectivity index (χ4v) is 9.07. The van der Waals surface area contributed by atoms with E-state index in [2.05, 4.69) is 130 Å². The second-order valence-electron chi connectivity index (χ2n) is 21.6. The van der Waals surface area contributed by atoms with E-state index in [0.29, 0.717) is 19.3 Å². The van der Waals surface area contributed by atoms with Crippen molar-refractivity contribution in [2.24, 2.45) is 0 Å². The van der Waals surface area contributed by atoms with Gasteiger partial charge in [0.2, 0.25) is 0 Å². The minimum absolute atomic E-state index is 0.0828. The fourth-order valence-electron chi connectivity index (χ4n) is 9.07. The average Bonchev–Trinajstić information content (AvgIpc) is 3.44. The monoisotopic (exact) mass is 1080 g/mol. The van der Waals surface area contributed by atoms with E-state index in [4.69, 9.17) is 14.2 Å². The predicted molar refractivity (Wildman–Crippen MR) is 339 cm³/mol. The number of allylic oxidation sites excluding steroid dienone is 18. The van der Waals surface area contributed by atoms with Gasteiger partial charge in [0.15, 0.2) is 6.10 Å². The van der Waals surface area contributed by atoms with Gasteiger partial charge in [0, 0.05) is 19.3 Å². The van der Waals surface area contributed by atoms with Crippen molar-refractivity contribution in [2.75, 3.05) is 13.2 Å². The molecule has 0 aromatic heterocycles. The maximum atomic E-state index is 12.9. The molecule has 0 aromatic rings. The second kappa shape index (κ2) is 65.6. The zero-order valence-corrected chi connectivity index (χ0v) is 51.2. The first kappa shape index (κ1) is 74.1. The molecule has 0 heterocycles.